The maximum absolute atomic E-state index is 12.2. The molecule has 2 rings (SSSR count). The van der Waals surface area contributed by atoms with Crippen LogP contribution in [-0.2, 0) is 19.4 Å². The van der Waals surface area contributed by atoms with Gasteiger partial charge in [-0.2, -0.15) is 0 Å². The monoisotopic (exact) mass is 332 g/mol. The van der Waals surface area contributed by atoms with E-state index in [9.17, 15) is 13.2 Å². The van der Waals surface area contributed by atoms with Crippen LogP contribution in [0.1, 0.15) is 12.8 Å². The van der Waals surface area contributed by atoms with Gasteiger partial charge in [0.2, 0.25) is 5.91 Å². The first-order valence-electron chi connectivity index (χ1n) is 6.53. The molecule has 21 heavy (non-hydrogen) atoms. The molecular weight excluding hydrogens is 316 g/mol. The van der Waals surface area contributed by atoms with Crippen LogP contribution in [0, 0.1) is 0 Å². The lowest BCUT2D eigenvalue weighted by molar-refractivity contribution is -0.119. The molecule has 1 aromatic rings. The number of carbonyl (C=O) groups is 1. The summed E-state index contributed by atoms with van der Waals surface area (Å²) in [6.07, 6.45) is 1.37. The minimum absolute atomic E-state index is 0.0434. The smallest absolute Gasteiger partial charge is 0.235 e. The zero-order chi connectivity index (χ0) is 15.5. The zero-order valence-electron chi connectivity index (χ0n) is 11.3. The summed E-state index contributed by atoms with van der Waals surface area (Å²) in [5.74, 6) is -1.18. The third-order valence-corrected chi connectivity index (χ3v) is 5.12. The van der Waals surface area contributed by atoms with Crippen molar-refractivity contribution < 1.29 is 17.9 Å². The van der Waals surface area contributed by atoms with Crippen molar-refractivity contribution >= 4 is 33.0 Å². The van der Waals surface area contributed by atoms with Gasteiger partial charge < -0.3 is 15.8 Å². The Hall–Kier alpha value is -1.31. The lowest BCUT2D eigenvalue weighted by Crippen LogP contribution is -2.41. The van der Waals surface area contributed by atoms with E-state index in [4.69, 9.17) is 22.1 Å². The van der Waals surface area contributed by atoms with Gasteiger partial charge in [0, 0.05) is 24.3 Å². The lowest BCUT2D eigenvalue weighted by atomic mass is 10.1. The van der Waals surface area contributed by atoms with E-state index in [1.165, 1.54) is 18.2 Å². The molecule has 0 unspecified atom stereocenters. The minimum atomic E-state index is -3.82. The summed E-state index contributed by atoms with van der Waals surface area (Å²) in [5.41, 5.74) is 5.73. The van der Waals surface area contributed by atoms with Crippen molar-refractivity contribution in [3.63, 3.8) is 0 Å². The highest BCUT2D eigenvalue weighted by Crippen LogP contribution is 2.23. The Kier molecular flexibility index (Phi) is 5.08. The fraction of sp³-hybridized carbons (Fsp3) is 0.462. The predicted molar refractivity (Wildman–Crippen MR) is 79.9 cm³/mol. The summed E-state index contributed by atoms with van der Waals surface area (Å²) in [7, 11) is -3.82. The number of anilines is 1. The summed E-state index contributed by atoms with van der Waals surface area (Å²) in [4.78, 5) is 11.8. The Bertz CT molecular complexity index is 627. The van der Waals surface area contributed by atoms with Crippen LogP contribution in [0.2, 0.25) is 5.02 Å². The van der Waals surface area contributed by atoms with Crippen LogP contribution >= 0.6 is 11.6 Å². The quantitative estimate of drug-likeness (QED) is 0.801. The van der Waals surface area contributed by atoms with Crippen LogP contribution in [0.5, 0.6) is 0 Å². The molecule has 1 saturated heterocycles. The van der Waals surface area contributed by atoms with Crippen molar-refractivity contribution in [2.45, 2.75) is 23.8 Å². The van der Waals surface area contributed by atoms with Gasteiger partial charge >= 0.3 is 0 Å². The first kappa shape index (κ1) is 16.1. The highest BCUT2D eigenvalue weighted by atomic mass is 35.5. The number of ether oxygens (including phenoxy) is 1. The standard InChI is InChI=1S/C13H17ClN2O4S/c14-9-1-2-11(15)12(7-9)21(18,19)8-13(17)16-10-3-5-20-6-4-10/h1-2,7,10H,3-6,8,15H2,(H,16,17). The maximum atomic E-state index is 12.2. The molecule has 6 nitrogen and oxygen atoms in total. The number of carbonyl (C=O) groups excluding carboxylic acids is 1. The van der Waals surface area contributed by atoms with E-state index in [1.807, 2.05) is 0 Å². The van der Waals surface area contributed by atoms with Gasteiger partial charge in [0.15, 0.2) is 9.84 Å². The van der Waals surface area contributed by atoms with E-state index in [-0.39, 0.29) is 21.6 Å². The van der Waals surface area contributed by atoms with Gasteiger partial charge in [-0.25, -0.2) is 8.42 Å². The first-order valence-corrected chi connectivity index (χ1v) is 8.56. The maximum Gasteiger partial charge on any atom is 0.235 e. The normalized spacial score (nSPS) is 16.6. The molecule has 1 amide bonds. The fourth-order valence-corrected chi connectivity index (χ4v) is 3.69. The Balaban J connectivity index is 2.06. The summed E-state index contributed by atoms with van der Waals surface area (Å²) < 4.78 is 29.6. The molecule has 1 aliphatic rings. The molecular formula is C13H17ClN2O4S. The largest absolute Gasteiger partial charge is 0.398 e. The third kappa shape index (κ3) is 4.33. The number of sulfone groups is 1. The second-order valence-corrected chi connectivity index (χ2v) is 7.29. The molecule has 0 spiro atoms. The SMILES string of the molecule is Nc1ccc(Cl)cc1S(=O)(=O)CC(=O)NC1CCOCC1. The molecule has 1 aromatic carbocycles. The molecule has 3 N–H and O–H groups in total. The minimum Gasteiger partial charge on any atom is -0.398 e. The molecule has 1 aliphatic heterocycles. The Morgan fingerprint density at radius 2 is 2.05 bits per heavy atom. The van der Waals surface area contributed by atoms with Crippen molar-refractivity contribution in [1.82, 2.24) is 5.32 Å². The van der Waals surface area contributed by atoms with Gasteiger partial charge in [-0.1, -0.05) is 11.6 Å². The molecule has 0 radical (unpaired) electrons. The van der Waals surface area contributed by atoms with Crippen LogP contribution in [-0.4, -0.2) is 39.3 Å². The second-order valence-electron chi connectivity index (χ2n) is 4.90. The number of benzene rings is 1. The van der Waals surface area contributed by atoms with Gasteiger partial charge in [-0.15, -0.1) is 0 Å². The molecule has 0 aliphatic carbocycles. The van der Waals surface area contributed by atoms with Crippen LogP contribution in [0.15, 0.2) is 23.1 Å². The molecule has 1 fully saturated rings. The van der Waals surface area contributed by atoms with E-state index >= 15 is 0 Å². The topological polar surface area (TPSA) is 98.5 Å². The van der Waals surface area contributed by atoms with E-state index in [0.29, 0.717) is 26.1 Å². The van der Waals surface area contributed by atoms with Gasteiger partial charge in [0.05, 0.1) is 10.6 Å². The Morgan fingerprint density at radius 3 is 2.71 bits per heavy atom. The van der Waals surface area contributed by atoms with Gasteiger partial charge in [0.25, 0.3) is 0 Å². The molecule has 0 aromatic heterocycles. The van der Waals surface area contributed by atoms with Crippen LogP contribution in [0.25, 0.3) is 0 Å². The molecule has 116 valence electrons. The van der Waals surface area contributed by atoms with Gasteiger partial charge in [0.1, 0.15) is 5.75 Å². The van der Waals surface area contributed by atoms with Crippen LogP contribution in [0.3, 0.4) is 0 Å². The average molecular weight is 333 g/mol. The number of amides is 1. The van der Waals surface area contributed by atoms with Crippen molar-refractivity contribution in [1.29, 1.82) is 0 Å². The van der Waals surface area contributed by atoms with E-state index in [1.54, 1.807) is 0 Å². The predicted octanol–water partition coefficient (Wildman–Crippen LogP) is 0.991. The number of nitrogens with two attached hydrogens (primary N) is 1. The Labute approximate surface area is 128 Å². The van der Waals surface area contributed by atoms with E-state index < -0.39 is 21.5 Å². The number of rotatable bonds is 4. The Morgan fingerprint density at radius 1 is 1.38 bits per heavy atom. The zero-order valence-corrected chi connectivity index (χ0v) is 12.9. The number of hydrogen-bond acceptors (Lipinski definition) is 5. The number of hydrogen-bond donors (Lipinski definition) is 2. The fourth-order valence-electron chi connectivity index (χ4n) is 2.14. The summed E-state index contributed by atoms with van der Waals surface area (Å²) >= 11 is 5.78. The van der Waals surface area contributed by atoms with Crippen LogP contribution in [0.4, 0.5) is 5.69 Å². The highest BCUT2D eigenvalue weighted by Gasteiger charge is 2.24. The number of halogens is 1. The van der Waals surface area contributed by atoms with Crippen molar-refractivity contribution in [2.24, 2.45) is 0 Å². The highest BCUT2D eigenvalue weighted by molar-refractivity contribution is 7.92. The third-order valence-electron chi connectivity index (χ3n) is 3.22. The lowest BCUT2D eigenvalue weighted by Gasteiger charge is -2.23. The molecule has 0 bridgehead atoms. The number of nitrogen functional groups attached to an aromatic ring is 1. The average Bonchev–Trinajstić information content (AvgIpc) is 2.41. The van der Waals surface area contributed by atoms with E-state index in [2.05, 4.69) is 5.32 Å². The summed E-state index contributed by atoms with van der Waals surface area (Å²) in [5, 5.41) is 2.96. The van der Waals surface area contributed by atoms with Crippen molar-refractivity contribution in [3.05, 3.63) is 23.2 Å². The summed E-state index contributed by atoms with van der Waals surface area (Å²) in [6, 6.07) is 4.12. The molecule has 0 saturated carbocycles. The molecule has 0 atom stereocenters. The van der Waals surface area contributed by atoms with Crippen molar-refractivity contribution in [2.75, 3.05) is 24.7 Å². The second kappa shape index (κ2) is 6.64. The van der Waals surface area contributed by atoms with Gasteiger partial charge in [-0.3, -0.25) is 4.79 Å². The van der Waals surface area contributed by atoms with E-state index in [0.717, 1.165) is 0 Å². The van der Waals surface area contributed by atoms with Crippen molar-refractivity contribution in [3.8, 4) is 0 Å². The van der Waals surface area contributed by atoms with Gasteiger partial charge in [-0.05, 0) is 31.0 Å². The number of nitrogens with one attached hydrogen (secondary N) is 1. The molecule has 1 heterocycles. The molecule has 8 heteroatoms. The first-order chi connectivity index (χ1) is 9.88. The van der Waals surface area contributed by atoms with Crippen LogP contribution < -0.4 is 11.1 Å². The summed E-state index contributed by atoms with van der Waals surface area (Å²) in [6.45, 7) is 1.14.